The monoisotopic (exact) mass is 295 g/mol. The van der Waals surface area contributed by atoms with Crippen LogP contribution in [0.4, 0.5) is 5.69 Å². The van der Waals surface area contributed by atoms with E-state index in [0.717, 1.165) is 5.56 Å². The lowest BCUT2D eigenvalue weighted by Gasteiger charge is -2.09. The maximum atomic E-state index is 12.2. The normalized spacial score (nSPS) is 11.3. The molecule has 20 heavy (non-hydrogen) atoms. The SMILES string of the molecule is Cc1ccc(NS(=O)(=O)c2c(C)[nH]c(=O)[nH]c2=O)cc1. The highest BCUT2D eigenvalue weighted by Gasteiger charge is 2.22. The van der Waals surface area contributed by atoms with Crippen LogP contribution in [0.1, 0.15) is 11.3 Å². The van der Waals surface area contributed by atoms with Gasteiger partial charge in [-0.05, 0) is 26.0 Å². The van der Waals surface area contributed by atoms with E-state index in [0.29, 0.717) is 5.69 Å². The Balaban J connectivity index is 2.49. The molecule has 0 radical (unpaired) electrons. The number of hydrogen-bond acceptors (Lipinski definition) is 4. The Labute approximate surface area is 114 Å². The number of aryl methyl sites for hydroxylation is 2. The van der Waals surface area contributed by atoms with Gasteiger partial charge in [0.15, 0.2) is 4.90 Å². The predicted octanol–water partition coefficient (Wildman–Crippen LogP) is 0.481. The van der Waals surface area contributed by atoms with E-state index in [-0.39, 0.29) is 5.69 Å². The third kappa shape index (κ3) is 2.80. The van der Waals surface area contributed by atoms with Crippen molar-refractivity contribution in [2.24, 2.45) is 0 Å². The topological polar surface area (TPSA) is 112 Å². The summed E-state index contributed by atoms with van der Waals surface area (Å²) in [6.07, 6.45) is 0. The fourth-order valence-electron chi connectivity index (χ4n) is 1.74. The first-order chi connectivity index (χ1) is 9.29. The molecule has 106 valence electrons. The zero-order valence-corrected chi connectivity index (χ0v) is 11.7. The third-order valence-corrected chi connectivity index (χ3v) is 4.18. The summed E-state index contributed by atoms with van der Waals surface area (Å²) in [5, 5.41) is 0. The van der Waals surface area contributed by atoms with E-state index in [1.54, 1.807) is 24.3 Å². The second-order valence-electron chi connectivity index (χ2n) is 4.33. The van der Waals surface area contributed by atoms with Gasteiger partial charge in [0.05, 0.1) is 0 Å². The quantitative estimate of drug-likeness (QED) is 0.764. The molecule has 1 aromatic carbocycles. The molecule has 0 aliphatic carbocycles. The molecule has 8 heteroatoms. The lowest BCUT2D eigenvalue weighted by molar-refractivity contribution is 0.598. The molecule has 0 spiro atoms. The minimum absolute atomic E-state index is 0.0154. The summed E-state index contributed by atoms with van der Waals surface area (Å²) in [5.41, 5.74) is -0.405. The van der Waals surface area contributed by atoms with Crippen LogP contribution >= 0.6 is 0 Å². The first-order valence-corrected chi connectivity index (χ1v) is 7.20. The maximum absolute atomic E-state index is 12.2. The van der Waals surface area contributed by atoms with Crippen molar-refractivity contribution in [3.8, 4) is 0 Å². The zero-order chi connectivity index (χ0) is 14.9. The van der Waals surface area contributed by atoms with E-state index >= 15 is 0 Å². The Morgan fingerprint density at radius 3 is 2.15 bits per heavy atom. The fraction of sp³-hybridized carbons (Fsp3) is 0.167. The Bertz CT molecular complexity index is 848. The summed E-state index contributed by atoms with van der Waals surface area (Å²) in [4.78, 5) is 26.4. The molecule has 0 atom stereocenters. The summed E-state index contributed by atoms with van der Waals surface area (Å²) in [7, 11) is -4.07. The molecule has 0 fully saturated rings. The van der Waals surface area contributed by atoms with E-state index in [1.165, 1.54) is 6.92 Å². The highest BCUT2D eigenvalue weighted by Crippen LogP contribution is 2.15. The van der Waals surface area contributed by atoms with Crippen molar-refractivity contribution < 1.29 is 8.42 Å². The number of nitrogens with one attached hydrogen (secondary N) is 3. The number of hydrogen-bond donors (Lipinski definition) is 3. The highest BCUT2D eigenvalue weighted by molar-refractivity contribution is 7.92. The molecule has 0 bridgehead atoms. The van der Waals surface area contributed by atoms with Gasteiger partial charge in [-0.1, -0.05) is 17.7 Å². The molecule has 1 aromatic heterocycles. The molecule has 0 saturated heterocycles. The smallest absolute Gasteiger partial charge is 0.310 e. The van der Waals surface area contributed by atoms with Crippen LogP contribution in [-0.2, 0) is 10.0 Å². The van der Waals surface area contributed by atoms with Gasteiger partial charge in [-0.15, -0.1) is 0 Å². The molecule has 0 amide bonds. The summed E-state index contributed by atoms with van der Waals surface area (Å²) in [6.45, 7) is 3.22. The van der Waals surface area contributed by atoms with Crippen LogP contribution in [0.3, 0.4) is 0 Å². The Hall–Kier alpha value is -2.35. The molecule has 0 saturated carbocycles. The number of H-pyrrole nitrogens is 2. The first-order valence-electron chi connectivity index (χ1n) is 5.72. The lowest BCUT2D eigenvalue weighted by Crippen LogP contribution is -2.31. The van der Waals surface area contributed by atoms with E-state index in [1.807, 2.05) is 11.9 Å². The number of anilines is 1. The average Bonchev–Trinajstić information content (AvgIpc) is 2.30. The Morgan fingerprint density at radius 2 is 1.60 bits per heavy atom. The maximum Gasteiger partial charge on any atom is 0.325 e. The van der Waals surface area contributed by atoms with Crippen molar-refractivity contribution in [2.75, 3.05) is 4.72 Å². The standard InChI is InChI=1S/C12H13N3O4S/c1-7-3-5-9(6-4-7)15-20(18,19)10-8(2)13-12(17)14-11(10)16/h3-6,15H,1-2H3,(H2,13,14,16,17). The van der Waals surface area contributed by atoms with Crippen molar-refractivity contribution in [3.05, 3.63) is 56.4 Å². The van der Waals surface area contributed by atoms with Gasteiger partial charge in [-0.2, -0.15) is 0 Å². The van der Waals surface area contributed by atoms with Crippen molar-refractivity contribution in [1.29, 1.82) is 0 Å². The van der Waals surface area contributed by atoms with Gasteiger partial charge in [0.2, 0.25) is 0 Å². The van der Waals surface area contributed by atoms with Gasteiger partial charge in [0.1, 0.15) is 0 Å². The van der Waals surface area contributed by atoms with E-state index in [4.69, 9.17) is 0 Å². The summed E-state index contributed by atoms with van der Waals surface area (Å²) >= 11 is 0. The van der Waals surface area contributed by atoms with Gasteiger partial charge < -0.3 is 4.98 Å². The second kappa shape index (κ2) is 4.97. The molecule has 0 unspecified atom stereocenters. The van der Waals surface area contributed by atoms with Crippen LogP contribution in [-0.4, -0.2) is 18.4 Å². The minimum atomic E-state index is -4.07. The first kappa shape index (κ1) is 14.1. The van der Waals surface area contributed by atoms with Crippen LogP contribution in [0.2, 0.25) is 0 Å². The largest absolute Gasteiger partial charge is 0.325 e. The lowest BCUT2D eigenvalue weighted by atomic mass is 10.2. The van der Waals surface area contributed by atoms with E-state index in [9.17, 15) is 18.0 Å². The van der Waals surface area contributed by atoms with Crippen molar-refractivity contribution in [1.82, 2.24) is 9.97 Å². The summed E-state index contributed by atoms with van der Waals surface area (Å²) in [5.74, 6) is 0. The molecular weight excluding hydrogens is 282 g/mol. The van der Waals surface area contributed by atoms with E-state index < -0.39 is 26.2 Å². The third-order valence-electron chi connectivity index (χ3n) is 2.65. The van der Waals surface area contributed by atoms with Crippen molar-refractivity contribution in [3.63, 3.8) is 0 Å². The van der Waals surface area contributed by atoms with Crippen LogP contribution in [0.25, 0.3) is 0 Å². The second-order valence-corrected chi connectivity index (χ2v) is 5.95. The predicted molar refractivity (Wildman–Crippen MR) is 74.4 cm³/mol. The van der Waals surface area contributed by atoms with Crippen molar-refractivity contribution >= 4 is 15.7 Å². The van der Waals surface area contributed by atoms with Gasteiger partial charge in [-0.25, -0.2) is 13.2 Å². The molecule has 0 aliphatic heterocycles. The number of aromatic nitrogens is 2. The minimum Gasteiger partial charge on any atom is -0.310 e. The molecule has 1 heterocycles. The van der Waals surface area contributed by atoms with Crippen LogP contribution in [0.5, 0.6) is 0 Å². The van der Waals surface area contributed by atoms with Gasteiger partial charge in [0.25, 0.3) is 15.6 Å². The zero-order valence-electron chi connectivity index (χ0n) is 10.9. The van der Waals surface area contributed by atoms with Gasteiger partial charge in [-0.3, -0.25) is 14.5 Å². The number of aromatic amines is 2. The van der Waals surface area contributed by atoms with Crippen LogP contribution < -0.4 is 16.0 Å². The molecule has 0 aliphatic rings. The van der Waals surface area contributed by atoms with E-state index in [2.05, 4.69) is 9.71 Å². The van der Waals surface area contributed by atoms with Crippen molar-refractivity contribution in [2.45, 2.75) is 18.7 Å². The molecule has 3 N–H and O–H groups in total. The molecule has 7 nitrogen and oxygen atoms in total. The fourth-order valence-corrected chi connectivity index (χ4v) is 3.04. The molecule has 2 rings (SSSR count). The van der Waals surface area contributed by atoms with Crippen LogP contribution in [0, 0.1) is 13.8 Å². The Morgan fingerprint density at radius 1 is 1.00 bits per heavy atom. The highest BCUT2D eigenvalue weighted by atomic mass is 32.2. The summed E-state index contributed by atoms with van der Waals surface area (Å²) < 4.78 is 26.7. The average molecular weight is 295 g/mol. The summed E-state index contributed by atoms with van der Waals surface area (Å²) in [6, 6.07) is 6.65. The van der Waals surface area contributed by atoms with Gasteiger partial charge in [0, 0.05) is 11.4 Å². The number of benzene rings is 1. The number of rotatable bonds is 3. The Kier molecular flexibility index (Phi) is 3.49. The van der Waals surface area contributed by atoms with Gasteiger partial charge >= 0.3 is 5.69 Å². The number of sulfonamides is 1. The van der Waals surface area contributed by atoms with Crippen LogP contribution in [0.15, 0.2) is 38.8 Å². The molecular formula is C12H13N3O4S. The molecule has 2 aromatic rings.